The van der Waals surface area contributed by atoms with Crippen LogP contribution >= 0.6 is 0 Å². The van der Waals surface area contributed by atoms with E-state index in [0.29, 0.717) is 44.9 Å². The molecule has 1 heterocycles. The van der Waals surface area contributed by atoms with E-state index < -0.39 is 98.1 Å². The second-order valence-electron chi connectivity index (χ2n) is 17.6. The number of carbonyl (C=O) groups excluding carboxylic acids is 4. The van der Waals surface area contributed by atoms with Gasteiger partial charge >= 0.3 is 23.9 Å². The molecule has 0 aromatic carbocycles. The number of hydrogen-bond donors (Lipinski definition) is 6. The number of carboxylic acids is 1. The molecule has 0 aromatic heterocycles. The zero-order valence-corrected chi connectivity index (χ0v) is 39.7. The van der Waals surface area contributed by atoms with Crippen LogP contribution in [0.3, 0.4) is 0 Å². The van der Waals surface area contributed by atoms with Gasteiger partial charge in [0, 0.05) is 0 Å². The van der Waals surface area contributed by atoms with E-state index in [1.54, 1.807) is 0 Å². The zero-order valence-electron chi connectivity index (χ0n) is 39.7. The van der Waals surface area contributed by atoms with Crippen LogP contribution in [0.2, 0.25) is 0 Å². The van der Waals surface area contributed by atoms with E-state index in [4.69, 9.17) is 28.8 Å². The van der Waals surface area contributed by atoms with E-state index in [1.807, 2.05) is 0 Å². The number of aliphatic carboxylic acids is 1. The minimum absolute atomic E-state index is 0.188. The number of amides is 1. The minimum atomic E-state index is -1.64. The molecule has 1 rings (SSSR count). The Morgan fingerprint density at radius 1 is 0.500 bits per heavy atom. The summed E-state index contributed by atoms with van der Waals surface area (Å²) < 4.78 is 29.3. The number of carboxylic acid groups (broad SMARTS) is 1. The molecule has 1 aliphatic heterocycles. The predicted octanol–water partition coefficient (Wildman–Crippen LogP) is 7.11. The summed E-state index contributed by atoms with van der Waals surface area (Å²) in [7, 11) is 0. The lowest BCUT2D eigenvalue weighted by molar-refractivity contribution is -0.312. The number of aliphatic hydroxyl groups is 4. The van der Waals surface area contributed by atoms with Gasteiger partial charge in [-0.2, -0.15) is 0 Å². The van der Waals surface area contributed by atoms with Gasteiger partial charge in [0.15, 0.2) is 6.29 Å². The number of ether oxygens (including phenoxy) is 5. The molecule has 0 unspecified atom stereocenters. The number of nitrogens with one attached hydrogen (secondary N) is 1. The van der Waals surface area contributed by atoms with Crippen molar-refractivity contribution in [1.82, 2.24) is 5.32 Å². The maximum Gasteiger partial charge on any atom is 0.322 e. The van der Waals surface area contributed by atoms with Crippen LogP contribution < -0.4 is 5.32 Å². The molecular weight excluding hydrogens is 831 g/mol. The molecule has 0 radical (unpaired) electrons. The molecular formula is C48H87NO15. The maximum atomic E-state index is 13.7. The average molecular weight is 918 g/mol. The molecule has 1 fully saturated rings. The Hall–Kier alpha value is -2.89. The Balaban J connectivity index is 3.17. The van der Waals surface area contributed by atoms with Gasteiger partial charge in [-0.05, 0) is 44.9 Å². The summed E-state index contributed by atoms with van der Waals surface area (Å²) in [5.41, 5.74) is 0. The van der Waals surface area contributed by atoms with Crippen molar-refractivity contribution in [3.05, 3.63) is 0 Å². The number of hydrogen-bond acceptors (Lipinski definition) is 14. The first kappa shape index (κ1) is 59.1. The van der Waals surface area contributed by atoms with Crippen LogP contribution in [0.25, 0.3) is 0 Å². The number of unbranched alkanes of at least 4 members (excludes halogenated alkanes) is 16. The van der Waals surface area contributed by atoms with Crippen molar-refractivity contribution in [3.63, 3.8) is 0 Å². The highest BCUT2D eigenvalue weighted by molar-refractivity contribution is 5.81. The third kappa shape index (κ3) is 28.2. The van der Waals surface area contributed by atoms with Crippen LogP contribution in [0, 0.1) is 0 Å². The second-order valence-corrected chi connectivity index (χ2v) is 17.6. The van der Waals surface area contributed by atoms with Crippen LogP contribution in [0.1, 0.15) is 207 Å². The van der Waals surface area contributed by atoms with Crippen molar-refractivity contribution in [3.8, 4) is 0 Å². The summed E-state index contributed by atoms with van der Waals surface area (Å²) in [6, 6.07) is 0. The van der Waals surface area contributed by atoms with Crippen molar-refractivity contribution in [1.29, 1.82) is 0 Å². The van der Waals surface area contributed by atoms with Gasteiger partial charge in [-0.1, -0.05) is 137 Å². The topological polar surface area (TPSA) is 245 Å². The van der Waals surface area contributed by atoms with Gasteiger partial charge in [0.2, 0.25) is 5.91 Å². The number of esters is 3. The molecule has 1 amide bonds. The largest absolute Gasteiger partial charge is 0.480 e. The monoisotopic (exact) mass is 918 g/mol. The predicted molar refractivity (Wildman–Crippen MR) is 241 cm³/mol. The zero-order chi connectivity index (χ0) is 47.5. The first-order valence-electron chi connectivity index (χ1n) is 24.8. The third-order valence-electron chi connectivity index (χ3n) is 11.6. The minimum Gasteiger partial charge on any atom is -0.480 e. The van der Waals surface area contributed by atoms with Crippen molar-refractivity contribution in [2.45, 2.75) is 263 Å². The van der Waals surface area contributed by atoms with E-state index >= 15 is 0 Å². The first-order valence-corrected chi connectivity index (χ1v) is 24.8. The molecule has 6 N–H and O–H groups in total. The fourth-order valence-corrected chi connectivity index (χ4v) is 7.81. The first-order chi connectivity index (χ1) is 30.8. The molecule has 374 valence electrons. The van der Waals surface area contributed by atoms with Gasteiger partial charge in [0.05, 0.1) is 38.4 Å². The van der Waals surface area contributed by atoms with Gasteiger partial charge in [0.25, 0.3) is 0 Å². The Labute approximate surface area is 383 Å². The highest BCUT2D eigenvalue weighted by atomic mass is 16.7. The smallest absolute Gasteiger partial charge is 0.322 e. The second kappa shape index (κ2) is 37.2. The van der Waals surface area contributed by atoms with E-state index in [-0.39, 0.29) is 25.7 Å². The van der Waals surface area contributed by atoms with Crippen molar-refractivity contribution in [2.24, 2.45) is 0 Å². The normalized spacial score (nSPS) is 20.5. The fraction of sp³-hybridized carbons (Fsp3) is 0.896. The molecule has 0 saturated carbocycles. The summed E-state index contributed by atoms with van der Waals surface area (Å²) in [6.07, 6.45) is 8.72. The lowest BCUT2D eigenvalue weighted by Crippen LogP contribution is -2.59. The molecule has 0 aliphatic carbocycles. The Morgan fingerprint density at radius 2 is 0.859 bits per heavy atom. The van der Waals surface area contributed by atoms with E-state index in [2.05, 4.69) is 33.0 Å². The maximum absolute atomic E-state index is 13.7. The Kier molecular flexibility index (Phi) is 34.4. The van der Waals surface area contributed by atoms with Crippen molar-refractivity contribution in [2.75, 3.05) is 13.2 Å². The lowest BCUT2D eigenvalue weighted by atomic mass is 9.99. The molecule has 16 heteroatoms. The average Bonchev–Trinajstić information content (AvgIpc) is 3.25. The molecule has 1 aliphatic rings. The number of carbonyl (C=O) groups is 5. The quantitative estimate of drug-likeness (QED) is 0.0204. The molecule has 9 atom stereocenters. The fourth-order valence-electron chi connectivity index (χ4n) is 7.81. The van der Waals surface area contributed by atoms with Crippen LogP contribution in [-0.4, -0.2) is 124 Å². The molecule has 0 aromatic rings. The summed E-state index contributed by atoms with van der Waals surface area (Å²) in [5.74, 6) is -3.63. The van der Waals surface area contributed by atoms with Crippen molar-refractivity contribution < 1.29 is 73.2 Å². The van der Waals surface area contributed by atoms with E-state index in [9.17, 15) is 44.4 Å². The molecule has 16 nitrogen and oxygen atoms in total. The summed E-state index contributed by atoms with van der Waals surface area (Å²) in [5, 5.41) is 52.3. The van der Waals surface area contributed by atoms with E-state index in [1.165, 1.54) is 0 Å². The van der Waals surface area contributed by atoms with Crippen molar-refractivity contribution >= 4 is 29.8 Å². The number of rotatable bonds is 40. The SMILES string of the molecule is CCCCCCC[C@H](CC(=O)NCC(=O)O)OC(=O)C[C@@H](CCCCCCC)OC(=O)C[C@@H](CCCCCCC)OC(=O)C[C@@H](CCCCCCC)O[C@@H]1O[C@H](CO)[C@@H](O)[C@H](O)[C@H]1O. The third-order valence-corrected chi connectivity index (χ3v) is 11.6. The molecule has 0 bridgehead atoms. The highest BCUT2D eigenvalue weighted by Crippen LogP contribution is 2.26. The van der Waals surface area contributed by atoms with Crippen LogP contribution in [0.5, 0.6) is 0 Å². The lowest BCUT2D eigenvalue weighted by Gasteiger charge is -2.40. The van der Waals surface area contributed by atoms with Gasteiger partial charge in [-0.15, -0.1) is 0 Å². The van der Waals surface area contributed by atoms with Gasteiger partial charge < -0.3 is 54.5 Å². The molecule has 1 saturated heterocycles. The standard InChI is InChI=1S/C48H87NO15/c1-5-9-13-17-21-25-35(29-40(51)49-33-41(52)53)60-42(54)30-36(26-22-18-14-10-6-2)61-43(55)31-37(27-23-19-15-11-7-3)62-44(56)32-38(28-24-20-16-12-8-4)63-48-47(59)46(58)45(57)39(34-50)64-48/h35-39,45-48,50,57-59H,5-34H2,1-4H3,(H,49,51)(H,52,53)/t35-,36-,37-,38-,39-,45-,46+,47-,48-/m1/s1. The highest BCUT2D eigenvalue weighted by Gasteiger charge is 2.45. The number of aliphatic hydroxyl groups excluding tert-OH is 4. The molecule has 64 heavy (non-hydrogen) atoms. The Morgan fingerprint density at radius 3 is 1.23 bits per heavy atom. The van der Waals surface area contributed by atoms with Gasteiger partial charge in [0.1, 0.15) is 49.3 Å². The van der Waals surface area contributed by atoms with Gasteiger partial charge in [-0.3, -0.25) is 24.0 Å². The van der Waals surface area contributed by atoms with Crippen LogP contribution in [-0.2, 0) is 47.7 Å². The summed E-state index contributed by atoms with van der Waals surface area (Å²) >= 11 is 0. The summed E-state index contributed by atoms with van der Waals surface area (Å²) in [4.78, 5) is 64.3. The Bertz CT molecular complexity index is 1250. The van der Waals surface area contributed by atoms with E-state index in [0.717, 1.165) is 109 Å². The van der Waals surface area contributed by atoms with Crippen LogP contribution in [0.15, 0.2) is 0 Å². The molecule has 0 spiro atoms. The van der Waals surface area contributed by atoms with Crippen LogP contribution in [0.4, 0.5) is 0 Å². The summed E-state index contributed by atoms with van der Waals surface area (Å²) in [6.45, 7) is 7.25. The van der Waals surface area contributed by atoms with Gasteiger partial charge in [-0.25, -0.2) is 0 Å².